The van der Waals surface area contributed by atoms with Gasteiger partial charge in [0.1, 0.15) is 13.2 Å². The Morgan fingerprint density at radius 2 is 0.897 bits per heavy atom. The molecule has 10 heteroatoms. The minimum atomic E-state index is -1.07. The topological polar surface area (TPSA) is 168 Å². The van der Waals surface area contributed by atoms with Gasteiger partial charge in [-0.05, 0) is 30.4 Å². The second-order valence-electron chi connectivity index (χ2n) is 9.72. The van der Waals surface area contributed by atoms with Gasteiger partial charge in [-0.25, -0.2) is 9.59 Å². The van der Waals surface area contributed by atoms with Crippen LogP contribution >= 0.6 is 0 Å². The Hall–Kier alpha value is -3.44. The van der Waals surface area contributed by atoms with Gasteiger partial charge in [0.05, 0.1) is 37.3 Å². The number of rotatable bonds is 16. The monoisotopic (exact) mass is 544 g/mol. The summed E-state index contributed by atoms with van der Waals surface area (Å²) in [5.74, 6) is -3.83. The number of benzene rings is 2. The van der Waals surface area contributed by atoms with Crippen molar-refractivity contribution in [3.63, 3.8) is 0 Å². The van der Waals surface area contributed by atoms with E-state index >= 15 is 0 Å². The van der Waals surface area contributed by atoms with Crippen LogP contribution in [0, 0.1) is 10.8 Å². The van der Waals surface area contributed by atoms with Crippen LogP contribution in [0.5, 0.6) is 0 Å². The summed E-state index contributed by atoms with van der Waals surface area (Å²) in [4.78, 5) is 49.2. The van der Waals surface area contributed by atoms with Crippen LogP contribution in [0.25, 0.3) is 0 Å². The van der Waals surface area contributed by atoms with E-state index in [1.165, 1.54) is 24.3 Å². The molecule has 0 aromatic heterocycles. The van der Waals surface area contributed by atoms with Gasteiger partial charge in [0.15, 0.2) is 0 Å². The lowest BCUT2D eigenvalue weighted by Crippen LogP contribution is -2.36. The van der Waals surface area contributed by atoms with Gasteiger partial charge in [-0.2, -0.15) is 0 Å². The van der Waals surface area contributed by atoms with Crippen LogP contribution in [-0.4, -0.2) is 83.6 Å². The highest BCUT2D eigenvalue weighted by molar-refractivity contribution is 6.41. The normalized spacial score (nSPS) is 11.6. The van der Waals surface area contributed by atoms with E-state index in [1.807, 2.05) is 0 Å². The van der Waals surface area contributed by atoms with Crippen LogP contribution in [-0.2, 0) is 25.5 Å². The van der Waals surface area contributed by atoms with Gasteiger partial charge >= 0.3 is 11.9 Å². The van der Waals surface area contributed by atoms with Gasteiger partial charge in [0.25, 0.3) is 11.6 Å². The van der Waals surface area contributed by atoms with Crippen molar-refractivity contribution in [3.05, 3.63) is 70.8 Å². The van der Waals surface area contributed by atoms with Crippen LogP contribution in [0.3, 0.4) is 0 Å². The van der Waals surface area contributed by atoms with Crippen LogP contribution in [0.4, 0.5) is 0 Å². The van der Waals surface area contributed by atoms with Crippen molar-refractivity contribution in [3.8, 4) is 0 Å². The largest absolute Gasteiger partial charge is 0.459 e. The lowest BCUT2D eigenvalue weighted by Gasteiger charge is -2.27. The number of carbonyl (C=O) groups is 4. The highest BCUT2D eigenvalue weighted by Gasteiger charge is 2.31. The molecule has 0 atom stereocenters. The highest BCUT2D eigenvalue weighted by Crippen LogP contribution is 2.22. The Morgan fingerprint density at radius 3 is 1.15 bits per heavy atom. The first-order valence-electron chi connectivity index (χ1n) is 12.7. The van der Waals surface area contributed by atoms with Gasteiger partial charge in [-0.15, -0.1) is 0 Å². The van der Waals surface area contributed by atoms with Crippen molar-refractivity contribution in [2.24, 2.45) is 10.8 Å². The third-order valence-corrected chi connectivity index (χ3v) is 7.07. The van der Waals surface area contributed by atoms with Gasteiger partial charge in [-0.1, -0.05) is 62.4 Å². The molecule has 4 N–H and O–H groups in total. The SMILES string of the molecule is CCC(CO)(CO)COC(=O)C(=O)c1ccc(Cc2ccc(C(=O)C(=O)OCC(CC)(CO)CO)cc2)cc1. The molecule has 0 aliphatic rings. The zero-order valence-electron chi connectivity index (χ0n) is 22.2. The molecule has 0 fully saturated rings. The first-order chi connectivity index (χ1) is 18.6. The summed E-state index contributed by atoms with van der Waals surface area (Å²) in [5, 5.41) is 37.8. The molecule has 39 heavy (non-hydrogen) atoms. The van der Waals surface area contributed by atoms with Crippen molar-refractivity contribution in [2.45, 2.75) is 33.1 Å². The molecule has 0 unspecified atom stereocenters. The fourth-order valence-electron chi connectivity index (χ4n) is 3.52. The average Bonchev–Trinajstić information content (AvgIpc) is 2.99. The van der Waals surface area contributed by atoms with Crippen molar-refractivity contribution >= 4 is 23.5 Å². The number of hydrogen-bond acceptors (Lipinski definition) is 10. The minimum absolute atomic E-state index is 0.132. The Labute approximate surface area is 227 Å². The van der Waals surface area contributed by atoms with E-state index in [2.05, 4.69) is 0 Å². The van der Waals surface area contributed by atoms with Crippen LogP contribution in [0.1, 0.15) is 58.5 Å². The molecule has 0 amide bonds. The number of aliphatic hydroxyl groups excluding tert-OH is 4. The van der Waals surface area contributed by atoms with Crippen molar-refractivity contribution in [1.82, 2.24) is 0 Å². The molecule has 0 bridgehead atoms. The van der Waals surface area contributed by atoms with Gasteiger partial charge in [-0.3, -0.25) is 9.59 Å². The first-order valence-corrected chi connectivity index (χ1v) is 12.7. The van der Waals surface area contributed by atoms with E-state index in [0.717, 1.165) is 11.1 Å². The maximum Gasteiger partial charge on any atom is 0.379 e. The smallest absolute Gasteiger partial charge is 0.379 e. The molecule has 0 radical (unpaired) electrons. The molecular weight excluding hydrogens is 508 g/mol. The summed E-state index contributed by atoms with van der Waals surface area (Å²) in [5.41, 5.74) is -0.0800. The molecule has 2 rings (SSSR count). The van der Waals surface area contributed by atoms with Gasteiger partial charge in [0, 0.05) is 11.1 Å². The minimum Gasteiger partial charge on any atom is -0.459 e. The molecule has 0 saturated carbocycles. The number of hydrogen-bond donors (Lipinski definition) is 4. The van der Waals surface area contributed by atoms with Gasteiger partial charge in [0.2, 0.25) is 0 Å². The molecule has 2 aromatic rings. The van der Waals surface area contributed by atoms with Crippen molar-refractivity contribution in [1.29, 1.82) is 0 Å². The van der Waals surface area contributed by atoms with Crippen LogP contribution in [0.2, 0.25) is 0 Å². The standard InChI is InChI=1S/C29H36O10/c1-3-28(14-30,15-31)18-38-26(36)24(34)22-9-5-20(6-10-22)13-21-7-11-23(12-8-21)25(35)27(37)39-19-29(4-2,16-32)17-33/h5-12,30-33H,3-4,13-19H2,1-2H3. The Balaban J connectivity index is 1.96. The summed E-state index contributed by atoms with van der Waals surface area (Å²) in [7, 11) is 0. The molecule has 0 aliphatic carbocycles. The number of Topliss-reactive ketones (excluding diaryl/α,β-unsaturated/α-hetero) is 2. The van der Waals surface area contributed by atoms with Crippen LogP contribution < -0.4 is 0 Å². The van der Waals surface area contributed by atoms with E-state index in [1.54, 1.807) is 38.1 Å². The third kappa shape index (κ3) is 8.27. The van der Waals surface area contributed by atoms with Crippen molar-refractivity contribution in [2.75, 3.05) is 39.6 Å². The van der Waals surface area contributed by atoms with E-state index in [0.29, 0.717) is 19.3 Å². The van der Waals surface area contributed by atoms with Crippen molar-refractivity contribution < 1.29 is 49.1 Å². The number of esters is 2. The fraction of sp³-hybridized carbons (Fsp3) is 0.448. The Bertz CT molecular complexity index is 1010. The quantitative estimate of drug-likeness (QED) is 0.138. The van der Waals surface area contributed by atoms with E-state index < -0.39 is 34.3 Å². The number of ketones is 2. The number of aliphatic hydroxyl groups is 4. The maximum atomic E-state index is 12.4. The molecule has 0 heterocycles. The fourth-order valence-corrected chi connectivity index (χ4v) is 3.52. The summed E-state index contributed by atoms with van der Waals surface area (Å²) in [6.45, 7) is 1.37. The molecule has 212 valence electrons. The second kappa shape index (κ2) is 14.6. The van der Waals surface area contributed by atoms with Crippen LogP contribution in [0.15, 0.2) is 48.5 Å². The zero-order valence-corrected chi connectivity index (χ0v) is 22.2. The number of ether oxygens (including phenoxy) is 2. The molecule has 10 nitrogen and oxygen atoms in total. The molecular formula is C29H36O10. The van der Waals surface area contributed by atoms with E-state index in [9.17, 15) is 39.6 Å². The first kappa shape index (κ1) is 31.8. The summed E-state index contributed by atoms with van der Waals surface area (Å²) in [6, 6.07) is 12.7. The number of carbonyl (C=O) groups excluding carboxylic acids is 4. The summed E-state index contributed by atoms with van der Waals surface area (Å²) < 4.78 is 10.1. The molecule has 0 spiro atoms. The lowest BCUT2D eigenvalue weighted by molar-refractivity contribution is -0.144. The maximum absolute atomic E-state index is 12.4. The molecule has 0 saturated heterocycles. The predicted molar refractivity (Wildman–Crippen MR) is 140 cm³/mol. The third-order valence-electron chi connectivity index (χ3n) is 7.07. The summed E-state index contributed by atoms with van der Waals surface area (Å²) >= 11 is 0. The highest BCUT2D eigenvalue weighted by atomic mass is 16.5. The molecule has 2 aromatic carbocycles. The summed E-state index contributed by atoms with van der Waals surface area (Å²) in [6.07, 6.45) is 1.18. The molecule has 0 aliphatic heterocycles. The zero-order chi connectivity index (χ0) is 29.1. The lowest BCUT2D eigenvalue weighted by atomic mass is 9.88. The average molecular weight is 545 g/mol. The Morgan fingerprint density at radius 1 is 0.590 bits per heavy atom. The van der Waals surface area contributed by atoms with E-state index in [4.69, 9.17) is 9.47 Å². The second-order valence-corrected chi connectivity index (χ2v) is 9.72. The Kier molecular flexibility index (Phi) is 11.9. The predicted octanol–water partition coefficient (Wildman–Crippen LogP) is 1.49. The van der Waals surface area contributed by atoms with Gasteiger partial charge < -0.3 is 29.9 Å². The van der Waals surface area contributed by atoms with E-state index in [-0.39, 0.29) is 50.8 Å².